The molecule has 5 nitrogen and oxygen atoms in total. The molecule has 0 saturated carbocycles. The summed E-state index contributed by atoms with van der Waals surface area (Å²) in [4.78, 5) is 30.0. The van der Waals surface area contributed by atoms with Crippen molar-refractivity contribution in [3.8, 4) is 0 Å². The van der Waals surface area contributed by atoms with Crippen LogP contribution in [-0.4, -0.2) is 22.0 Å². The number of thiazole rings is 1. The van der Waals surface area contributed by atoms with E-state index in [-0.39, 0.29) is 17.1 Å². The molecular formula is C27H27N3O2S2. The fourth-order valence-corrected chi connectivity index (χ4v) is 6.00. The minimum atomic E-state index is -0.304. The van der Waals surface area contributed by atoms with Gasteiger partial charge in [-0.2, -0.15) is 0 Å². The zero-order valence-corrected chi connectivity index (χ0v) is 21.5. The van der Waals surface area contributed by atoms with Crippen LogP contribution in [0.4, 0.5) is 11.4 Å². The highest BCUT2D eigenvalue weighted by molar-refractivity contribution is 8.02. The first-order chi connectivity index (χ1) is 16.2. The molecule has 4 rings (SSSR count). The largest absolute Gasteiger partial charge is 0.325 e. The van der Waals surface area contributed by atoms with Gasteiger partial charge in [0, 0.05) is 16.9 Å². The van der Waals surface area contributed by atoms with E-state index in [1.54, 1.807) is 0 Å². The molecule has 0 aliphatic rings. The van der Waals surface area contributed by atoms with Gasteiger partial charge in [0.05, 0.1) is 15.5 Å². The number of aryl methyl sites for hydroxylation is 4. The topological polar surface area (TPSA) is 71.1 Å². The normalized spacial score (nSPS) is 11.9. The van der Waals surface area contributed by atoms with E-state index in [2.05, 4.69) is 34.7 Å². The Labute approximate surface area is 208 Å². The van der Waals surface area contributed by atoms with Gasteiger partial charge in [0.1, 0.15) is 0 Å². The number of aromatic nitrogens is 1. The van der Waals surface area contributed by atoms with Crippen LogP contribution in [0.25, 0.3) is 10.2 Å². The maximum atomic E-state index is 12.8. The van der Waals surface area contributed by atoms with Crippen molar-refractivity contribution in [2.75, 3.05) is 10.6 Å². The van der Waals surface area contributed by atoms with Gasteiger partial charge in [-0.3, -0.25) is 9.59 Å². The highest BCUT2D eigenvalue weighted by Crippen LogP contribution is 2.34. The van der Waals surface area contributed by atoms with Gasteiger partial charge in [0.25, 0.3) is 5.91 Å². The quantitative estimate of drug-likeness (QED) is 0.289. The van der Waals surface area contributed by atoms with Crippen molar-refractivity contribution in [1.29, 1.82) is 0 Å². The second kappa shape index (κ2) is 9.99. The smallest absolute Gasteiger partial charge is 0.255 e. The molecule has 3 aromatic carbocycles. The Balaban J connectivity index is 1.44. The lowest BCUT2D eigenvalue weighted by Gasteiger charge is -2.15. The zero-order chi connectivity index (χ0) is 24.4. The molecule has 0 saturated heterocycles. The summed E-state index contributed by atoms with van der Waals surface area (Å²) in [7, 11) is 0. The summed E-state index contributed by atoms with van der Waals surface area (Å²) in [5.74, 6) is -0.198. The van der Waals surface area contributed by atoms with Gasteiger partial charge in [-0.25, -0.2) is 4.98 Å². The highest BCUT2D eigenvalue weighted by atomic mass is 32.2. The van der Waals surface area contributed by atoms with E-state index in [1.807, 2.05) is 70.2 Å². The number of hydrogen-bond donors (Lipinski definition) is 2. The molecular weight excluding hydrogens is 462 g/mol. The zero-order valence-electron chi connectivity index (χ0n) is 19.9. The van der Waals surface area contributed by atoms with E-state index in [0.717, 1.165) is 42.6 Å². The van der Waals surface area contributed by atoms with Gasteiger partial charge in [0.15, 0.2) is 4.34 Å². The van der Waals surface area contributed by atoms with Crippen LogP contribution in [0, 0.1) is 27.7 Å². The predicted octanol–water partition coefficient (Wildman–Crippen LogP) is 6.90. The number of hydrogen-bond acceptors (Lipinski definition) is 5. The highest BCUT2D eigenvalue weighted by Gasteiger charge is 2.19. The van der Waals surface area contributed by atoms with Crippen molar-refractivity contribution in [3.05, 3.63) is 82.4 Å². The fourth-order valence-electron chi connectivity index (χ4n) is 3.75. The fraction of sp³-hybridized carbons (Fsp3) is 0.222. The van der Waals surface area contributed by atoms with Gasteiger partial charge in [-0.1, -0.05) is 47.2 Å². The van der Waals surface area contributed by atoms with Gasteiger partial charge >= 0.3 is 0 Å². The first-order valence-corrected chi connectivity index (χ1v) is 12.7. The van der Waals surface area contributed by atoms with Gasteiger partial charge < -0.3 is 10.6 Å². The third-order valence-corrected chi connectivity index (χ3v) is 7.72. The second-order valence-electron chi connectivity index (χ2n) is 8.51. The van der Waals surface area contributed by atoms with Crippen molar-refractivity contribution in [3.63, 3.8) is 0 Å². The number of nitrogens with zero attached hydrogens (tertiary/aromatic N) is 1. The van der Waals surface area contributed by atoms with Crippen molar-refractivity contribution >= 4 is 56.5 Å². The molecule has 174 valence electrons. The Kier molecular flexibility index (Phi) is 7.05. The number of carbonyl (C=O) groups excluding carboxylic acids is 2. The van der Waals surface area contributed by atoms with E-state index < -0.39 is 0 Å². The first-order valence-electron chi connectivity index (χ1n) is 11.0. The first kappa shape index (κ1) is 24.0. The van der Waals surface area contributed by atoms with Crippen molar-refractivity contribution in [2.45, 2.75) is 44.2 Å². The third-order valence-electron chi connectivity index (χ3n) is 5.51. The average molecular weight is 490 g/mol. The van der Waals surface area contributed by atoms with E-state index in [1.165, 1.54) is 28.7 Å². The van der Waals surface area contributed by atoms with Gasteiger partial charge in [0.2, 0.25) is 5.91 Å². The molecule has 0 radical (unpaired) electrons. The number of carbonyl (C=O) groups is 2. The Hall–Kier alpha value is -3.16. The number of benzene rings is 3. The number of amides is 2. The van der Waals surface area contributed by atoms with Gasteiger partial charge in [-0.05, 0) is 76.1 Å². The molecule has 0 aliphatic carbocycles. The molecule has 0 aliphatic heterocycles. The molecule has 0 unspecified atom stereocenters. The Morgan fingerprint density at radius 2 is 1.56 bits per heavy atom. The van der Waals surface area contributed by atoms with Crippen LogP contribution >= 0.6 is 23.1 Å². The summed E-state index contributed by atoms with van der Waals surface area (Å²) >= 11 is 2.95. The molecule has 2 N–H and O–H groups in total. The van der Waals surface area contributed by atoms with E-state index in [9.17, 15) is 9.59 Å². The summed E-state index contributed by atoms with van der Waals surface area (Å²) in [6.45, 7) is 9.95. The SMILES string of the molecule is Cc1ccc(C(=O)Nc2ccc3nc(S[C@H](C)C(=O)Nc4c(C)cc(C)cc4C)sc3c2)cc1. The molecule has 2 amide bonds. The molecule has 1 heterocycles. The summed E-state index contributed by atoms with van der Waals surface area (Å²) in [6.07, 6.45) is 0. The molecule has 7 heteroatoms. The van der Waals surface area contributed by atoms with Crippen molar-refractivity contribution in [1.82, 2.24) is 4.98 Å². The maximum absolute atomic E-state index is 12.8. The van der Waals surface area contributed by atoms with Crippen LogP contribution in [0.3, 0.4) is 0 Å². The summed E-state index contributed by atoms with van der Waals surface area (Å²) in [6, 6.07) is 17.3. The number of thioether (sulfide) groups is 1. The van der Waals surface area contributed by atoms with Crippen LogP contribution in [0.2, 0.25) is 0 Å². The molecule has 1 atom stereocenters. The molecule has 0 fully saturated rings. The Morgan fingerprint density at radius 3 is 2.24 bits per heavy atom. The lowest BCUT2D eigenvalue weighted by molar-refractivity contribution is -0.115. The standard InChI is InChI=1S/C27H27N3O2S2/c1-15-6-8-20(9-7-15)26(32)28-21-10-11-22-23(14-21)34-27(29-22)33-19(5)25(31)30-24-17(3)12-16(2)13-18(24)4/h6-14,19H,1-5H3,(H,28,32)(H,30,31)/t19-/m1/s1. The van der Waals surface area contributed by atoms with Crippen molar-refractivity contribution < 1.29 is 9.59 Å². The number of nitrogens with one attached hydrogen (secondary N) is 2. The second-order valence-corrected chi connectivity index (χ2v) is 11.1. The monoisotopic (exact) mass is 489 g/mol. The molecule has 34 heavy (non-hydrogen) atoms. The lowest BCUT2D eigenvalue weighted by Crippen LogP contribution is -2.23. The average Bonchev–Trinajstić information content (AvgIpc) is 3.17. The van der Waals surface area contributed by atoms with Crippen LogP contribution < -0.4 is 10.6 Å². The van der Waals surface area contributed by atoms with E-state index in [4.69, 9.17) is 0 Å². The number of anilines is 2. The minimum Gasteiger partial charge on any atom is -0.325 e. The van der Waals surface area contributed by atoms with Crippen LogP contribution in [0.5, 0.6) is 0 Å². The van der Waals surface area contributed by atoms with Crippen molar-refractivity contribution in [2.24, 2.45) is 0 Å². The Morgan fingerprint density at radius 1 is 0.882 bits per heavy atom. The predicted molar refractivity (Wildman–Crippen MR) is 143 cm³/mol. The maximum Gasteiger partial charge on any atom is 0.255 e. The molecule has 1 aromatic heterocycles. The molecule has 4 aromatic rings. The molecule has 0 bridgehead atoms. The summed E-state index contributed by atoms with van der Waals surface area (Å²) in [5.41, 5.74) is 7.46. The number of fused-ring (bicyclic) bond motifs is 1. The van der Waals surface area contributed by atoms with E-state index in [0.29, 0.717) is 5.56 Å². The summed E-state index contributed by atoms with van der Waals surface area (Å²) in [5, 5.41) is 5.72. The van der Waals surface area contributed by atoms with E-state index >= 15 is 0 Å². The Bertz CT molecular complexity index is 1350. The van der Waals surface area contributed by atoms with Crippen LogP contribution in [-0.2, 0) is 4.79 Å². The molecule has 0 spiro atoms. The lowest BCUT2D eigenvalue weighted by atomic mass is 10.1. The van der Waals surface area contributed by atoms with Crippen LogP contribution in [0.1, 0.15) is 39.5 Å². The summed E-state index contributed by atoms with van der Waals surface area (Å²) < 4.78 is 1.78. The van der Waals surface area contributed by atoms with Crippen LogP contribution in [0.15, 0.2) is 58.9 Å². The minimum absolute atomic E-state index is 0.0506. The van der Waals surface area contributed by atoms with Gasteiger partial charge in [-0.15, -0.1) is 11.3 Å². The third kappa shape index (κ3) is 5.48. The number of rotatable bonds is 6.